The quantitative estimate of drug-likeness (QED) is 0.573. The zero-order valence-corrected chi connectivity index (χ0v) is 14.5. The molecule has 1 heterocycles. The van der Waals surface area contributed by atoms with Gasteiger partial charge in [0.1, 0.15) is 5.82 Å². The Labute approximate surface area is 143 Å². The molecule has 6 nitrogen and oxygen atoms in total. The second-order valence-corrected chi connectivity index (χ2v) is 5.68. The highest BCUT2D eigenvalue weighted by atomic mass is 16.3. The van der Waals surface area contributed by atoms with Crippen molar-refractivity contribution < 1.29 is 5.11 Å². The van der Waals surface area contributed by atoms with Crippen molar-refractivity contribution >= 4 is 17.7 Å². The van der Waals surface area contributed by atoms with Gasteiger partial charge < -0.3 is 10.0 Å². The van der Waals surface area contributed by atoms with Crippen LogP contribution in [0, 0.1) is 6.92 Å². The number of anilines is 2. The smallest absolute Gasteiger partial charge is 0.316 e. The van der Waals surface area contributed by atoms with E-state index in [0.717, 1.165) is 43.0 Å². The maximum absolute atomic E-state index is 9.80. The van der Waals surface area contributed by atoms with Crippen molar-refractivity contribution in [2.75, 3.05) is 23.4 Å². The highest BCUT2D eigenvalue weighted by molar-refractivity contribution is 5.79. The Morgan fingerprint density at radius 3 is 2.58 bits per heavy atom. The lowest BCUT2D eigenvalue weighted by molar-refractivity contribution is 0.429. The fourth-order valence-electron chi connectivity index (χ4n) is 2.44. The molecule has 0 aliphatic rings. The van der Waals surface area contributed by atoms with Crippen LogP contribution in [-0.4, -0.2) is 34.4 Å². The van der Waals surface area contributed by atoms with Crippen LogP contribution in [0.15, 0.2) is 35.4 Å². The zero-order chi connectivity index (χ0) is 17.4. The first-order valence-electron chi connectivity index (χ1n) is 8.31. The second kappa shape index (κ2) is 8.86. The number of aromatic nitrogens is 2. The lowest BCUT2D eigenvalue weighted by Gasteiger charge is -2.22. The lowest BCUT2D eigenvalue weighted by Crippen LogP contribution is -2.26. The average molecular weight is 327 g/mol. The summed E-state index contributed by atoms with van der Waals surface area (Å²) in [7, 11) is 0. The first-order chi connectivity index (χ1) is 11.6. The minimum atomic E-state index is -0.235. The summed E-state index contributed by atoms with van der Waals surface area (Å²) in [6.45, 7) is 8.06. The van der Waals surface area contributed by atoms with Gasteiger partial charge in [-0.25, -0.2) is 0 Å². The summed E-state index contributed by atoms with van der Waals surface area (Å²) in [6.07, 6.45) is 3.62. The molecule has 0 amide bonds. The highest BCUT2D eigenvalue weighted by Crippen LogP contribution is 2.16. The van der Waals surface area contributed by atoms with Gasteiger partial charge in [0.15, 0.2) is 0 Å². The highest BCUT2D eigenvalue weighted by Gasteiger charge is 2.09. The van der Waals surface area contributed by atoms with Crippen molar-refractivity contribution in [3.63, 3.8) is 0 Å². The van der Waals surface area contributed by atoms with Gasteiger partial charge in [-0.3, -0.25) is 5.43 Å². The molecule has 6 heteroatoms. The van der Waals surface area contributed by atoms with Gasteiger partial charge in [-0.1, -0.05) is 26.0 Å². The van der Waals surface area contributed by atoms with Gasteiger partial charge in [-0.05, 0) is 37.5 Å². The summed E-state index contributed by atoms with van der Waals surface area (Å²) < 4.78 is 0. The van der Waals surface area contributed by atoms with E-state index in [-0.39, 0.29) is 6.01 Å². The molecule has 24 heavy (non-hydrogen) atoms. The fraction of sp³-hybridized carbons (Fsp3) is 0.389. The number of aryl methyl sites for hydroxylation is 1. The van der Waals surface area contributed by atoms with Crippen molar-refractivity contribution in [2.24, 2.45) is 5.10 Å². The van der Waals surface area contributed by atoms with E-state index in [0.29, 0.717) is 5.69 Å². The van der Waals surface area contributed by atoms with Crippen LogP contribution in [0.1, 0.15) is 37.9 Å². The molecule has 0 unspecified atom stereocenters. The number of aromatic hydroxyl groups is 1. The number of nitrogens with one attached hydrogen (secondary N) is 1. The third-order valence-corrected chi connectivity index (χ3v) is 3.44. The van der Waals surface area contributed by atoms with Gasteiger partial charge in [0, 0.05) is 19.2 Å². The molecule has 0 aliphatic heterocycles. The average Bonchev–Trinajstić information content (AvgIpc) is 2.54. The van der Waals surface area contributed by atoms with Crippen LogP contribution in [0.4, 0.5) is 11.5 Å². The van der Waals surface area contributed by atoms with E-state index < -0.39 is 0 Å². The molecular weight excluding hydrogens is 302 g/mol. The molecule has 0 radical (unpaired) electrons. The minimum Gasteiger partial charge on any atom is -0.479 e. The normalized spacial score (nSPS) is 11.0. The summed E-state index contributed by atoms with van der Waals surface area (Å²) in [4.78, 5) is 10.3. The summed E-state index contributed by atoms with van der Waals surface area (Å²) in [5.74, 6) is 0.725. The Morgan fingerprint density at radius 1 is 1.17 bits per heavy atom. The maximum atomic E-state index is 9.80. The Bertz CT molecular complexity index is 681. The van der Waals surface area contributed by atoms with Crippen LogP contribution < -0.4 is 10.3 Å². The molecular formula is C18H25N5O. The molecule has 2 N–H and O–H groups in total. The Kier molecular flexibility index (Phi) is 6.54. The Hall–Kier alpha value is -2.63. The third kappa shape index (κ3) is 5.22. The van der Waals surface area contributed by atoms with Crippen LogP contribution in [0.3, 0.4) is 0 Å². The standard InChI is InChI=1S/C18H25N5O/c1-4-9-23(10-5-2)17-12-16(20-18(24)21-17)13-19-22-15-8-6-7-14(3)11-15/h6-8,11-13,22H,4-5,9-10H2,1-3H3,(H,20,21,24)/b19-13+. The molecule has 1 aromatic heterocycles. The van der Waals surface area contributed by atoms with E-state index in [1.165, 1.54) is 0 Å². The molecule has 0 bridgehead atoms. The minimum absolute atomic E-state index is 0.235. The van der Waals surface area contributed by atoms with Crippen molar-refractivity contribution in [1.82, 2.24) is 9.97 Å². The first kappa shape index (κ1) is 17.7. The van der Waals surface area contributed by atoms with Crippen molar-refractivity contribution in [1.29, 1.82) is 0 Å². The summed E-state index contributed by atoms with van der Waals surface area (Å²) in [5.41, 5.74) is 5.60. The molecule has 0 aliphatic carbocycles. The predicted octanol–water partition coefficient (Wildman–Crippen LogP) is 3.56. The number of nitrogens with zero attached hydrogens (tertiary/aromatic N) is 4. The largest absolute Gasteiger partial charge is 0.479 e. The molecule has 0 fully saturated rings. The van der Waals surface area contributed by atoms with E-state index in [1.807, 2.05) is 37.3 Å². The van der Waals surface area contributed by atoms with E-state index in [9.17, 15) is 5.11 Å². The summed E-state index contributed by atoms with van der Waals surface area (Å²) in [5, 5.41) is 14.0. The van der Waals surface area contributed by atoms with Gasteiger partial charge >= 0.3 is 6.01 Å². The van der Waals surface area contributed by atoms with E-state index in [1.54, 1.807) is 6.21 Å². The van der Waals surface area contributed by atoms with Gasteiger partial charge in [-0.15, -0.1) is 0 Å². The number of hydrogen-bond donors (Lipinski definition) is 2. The van der Waals surface area contributed by atoms with Gasteiger partial charge in [0.2, 0.25) is 0 Å². The number of hydrogen-bond acceptors (Lipinski definition) is 6. The molecule has 1 aromatic carbocycles. The second-order valence-electron chi connectivity index (χ2n) is 5.68. The molecule has 128 valence electrons. The first-order valence-corrected chi connectivity index (χ1v) is 8.31. The number of rotatable bonds is 8. The van der Waals surface area contributed by atoms with Gasteiger partial charge in [0.05, 0.1) is 17.6 Å². The van der Waals surface area contributed by atoms with Crippen LogP contribution in [0.5, 0.6) is 6.01 Å². The molecule has 0 spiro atoms. The van der Waals surface area contributed by atoms with E-state index >= 15 is 0 Å². The Morgan fingerprint density at radius 2 is 1.92 bits per heavy atom. The number of benzene rings is 1. The fourth-order valence-corrected chi connectivity index (χ4v) is 2.44. The predicted molar refractivity (Wildman–Crippen MR) is 98.9 cm³/mol. The van der Waals surface area contributed by atoms with Crippen molar-refractivity contribution in [2.45, 2.75) is 33.6 Å². The van der Waals surface area contributed by atoms with Gasteiger partial charge in [-0.2, -0.15) is 15.1 Å². The molecule has 2 aromatic rings. The molecule has 2 rings (SSSR count). The van der Waals surface area contributed by atoms with E-state index in [2.05, 4.69) is 39.2 Å². The van der Waals surface area contributed by atoms with Crippen LogP contribution >= 0.6 is 0 Å². The van der Waals surface area contributed by atoms with Crippen LogP contribution in [0.25, 0.3) is 0 Å². The zero-order valence-electron chi connectivity index (χ0n) is 14.5. The third-order valence-electron chi connectivity index (χ3n) is 3.44. The molecule has 0 saturated carbocycles. The SMILES string of the molecule is CCCN(CCC)c1cc(/C=N/Nc2cccc(C)c2)nc(O)n1. The van der Waals surface area contributed by atoms with Crippen molar-refractivity contribution in [3.05, 3.63) is 41.6 Å². The Balaban J connectivity index is 2.13. The van der Waals surface area contributed by atoms with Crippen LogP contribution in [-0.2, 0) is 0 Å². The van der Waals surface area contributed by atoms with E-state index in [4.69, 9.17) is 0 Å². The van der Waals surface area contributed by atoms with Crippen molar-refractivity contribution in [3.8, 4) is 6.01 Å². The van der Waals surface area contributed by atoms with Crippen LogP contribution in [0.2, 0.25) is 0 Å². The summed E-state index contributed by atoms with van der Waals surface area (Å²) in [6, 6.07) is 9.55. The monoisotopic (exact) mass is 327 g/mol. The number of hydrazone groups is 1. The lowest BCUT2D eigenvalue weighted by atomic mass is 10.2. The molecule has 0 saturated heterocycles. The van der Waals surface area contributed by atoms with Gasteiger partial charge in [0.25, 0.3) is 0 Å². The molecule has 0 atom stereocenters. The topological polar surface area (TPSA) is 73.6 Å². The maximum Gasteiger partial charge on any atom is 0.316 e. The summed E-state index contributed by atoms with van der Waals surface area (Å²) >= 11 is 0.